The number of fused-ring (bicyclic) bond motifs is 2. The number of hydrogen-bond acceptors (Lipinski definition) is 5. The van der Waals surface area contributed by atoms with Crippen molar-refractivity contribution in [1.29, 1.82) is 0 Å². The van der Waals surface area contributed by atoms with Gasteiger partial charge in [0.15, 0.2) is 11.5 Å². The summed E-state index contributed by atoms with van der Waals surface area (Å²) in [5.74, 6) is 2.77. The molecule has 1 aliphatic rings. The zero-order chi connectivity index (χ0) is 17.4. The maximum atomic E-state index is 7.00. The van der Waals surface area contributed by atoms with Crippen molar-refractivity contribution in [2.45, 2.75) is 0 Å². The smallest absolute Gasteiger partial charge is 0.166 e. The summed E-state index contributed by atoms with van der Waals surface area (Å²) in [6.45, 7) is 0. The fraction of sp³-hybridized carbons (Fsp3) is 0.105. The first kappa shape index (κ1) is 20.8. The Balaban J connectivity index is 0.000000586. The molecule has 4 rings (SSSR count). The molecule has 2 aromatic carbocycles. The van der Waals surface area contributed by atoms with E-state index in [0.29, 0.717) is 17.2 Å². The zero-order valence-corrected chi connectivity index (χ0v) is 16.2. The van der Waals surface area contributed by atoms with Crippen molar-refractivity contribution >= 4 is 0 Å². The number of pyridine rings is 1. The topological polar surface area (TPSA) is 71.8 Å². The Bertz CT molecular complexity index is 781. The molecule has 1 radical (unpaired) electrons. The molecule has 0 aliphatic carbocycles. The molecule has 0 saturated carbocycles. The van der Waals surface area contributed by atoms with Gasteiger partial charge in [-0.1, -0.05) is 35.9 Å². The average Bonchev–Trinajstić information content (AvgIpc) is 2.69. The van der Waals surface area contributed by atoms with Gasteiger partial charge in [-0.15, -0.1) is 12.1 Å². The maximum absolute atomic E-state index is 7.00. The monoisotopic (exact) mass is 517 g/mol. The van der Waals surface area contributed by atoms with Crippen LogP contribution in [-0.4, -0.2) is 29.4 Å². The number of para-hydroxylation sites is 2. The van der Waals surface area contributed by atoms with E-state index in [4.69, 9.17) is 19.7 Å². The van der Waals surface area contributed by atoms with Crippen LogP contribution in [-0.2, 0) is 20.1 Å². The van der Waals surface area contributed by atoms with Crippen LogP contribution >= 0.6 is 0 Å². The SMILES string of the molecule is CO.CO.[Ir].[c-]1ccc2c(c1-c1ccccn1)Oc1ccccc1O2. The van der Waals surface area contributed by atoms with Crippen LogP contribution in [0.5, 0.6) is 23.0 Å². The molecule has 2 heterocycles. The van der Waals surface area contributed by atoms with Crippen LogP contribution in [0.2, 0.25) is 0 Å². The van der Waals surface area contributed by atoms with Gasteiger partial charge < -0.3 is 24.7 Å². The molecule has 2 N–H and O–H groups in total. The quantitative estimate of drug-likeness (QED) is 0.378. The summed E-state index contributed by atoms with van der Waals surface area (Å²) in [7, 11) is 2.00. The van der Waals surface area contributed by atoms with Gasteiger partial charge in [0.2, 0.25) is 0 Å². The Hall–Kier alpha value is -2.24. The van der Waals surface area contributed by atoms with Crippen LogP contribution in [0.15, 0.2) is 60.8 Å². The molecule has 0 fully saturated rings. The molecule has 5 nitrogen and oxygen atoms in total. The van der Waals surface area contributed by atoms with E-state index in [9.17, 15) is 0 Å². The first-order valence-corrected chi connectivity index (χ1v) is 7.22. The van der Waals surface area contributed by atoms with Crippen molar-refractivity contribution in [3.63, 3.8) is 0 Å². The average molecular weight is 517 g/mol. The molecule has 6 heteroatoms. The van der Waals surface area contributed by atoms with Crippen LogP contribution in [0.25, 0.3) is 11.3 Å². The van der Waals surface area contributed by atoms with Crippen molar-refractivity contribution in [1.82, 2.24) is 4.98 Å². The van der Waals surface area contributed by atoms with Crippen molar-refractivity contribution in [3.05, 3.63) is 66.9 Å². The molecule has 0 amide bonds. The van der Waals surface area contributed by atoms with Gasteiger partial charge in [0.1, 0.15) is 0 Å². The van der Waals surface area contributed by atoms with Gasteiger partial charge >= 0.3 is 0 Å². The minimum atomic E-state index is 0. The molecule has 0 spiro atoms. The summed E-state index contributed by atoms with van der Waals surface area (Å²) in [4.78, 5) is 4.35. The number of hydrogen-bond donors (Lipinski definition) is 2. The maximum Gasteiger partial charge on any atom is 0.166 e. The minimum absolute atomic E-state index is 0. The van der Waals surface area contributed by atoms with Crippen molar-refractivity contribution in [2.24, 2.45) is 0 Å². The van der Waals surface area contributed by atoms with Crippen molar-refractivity contribution in [2.75, 3.05) is 14.2 Å². The van der Waals surface area contributed by atoms with Crippen LogP contribution in [0, 0.1) is 6.07 Å². The molecule has 1 aromatic heterocycles. The van der Waals surface area contributed by atoms with Gasteiger partial charge in [-0.25, -0.2) is 0 Å². The minimum Gasteiger partial charge on any atom is -0.494 e. The van der Waals surface area contributed by atoms with E-state index in [1.807, 2.05) is 54.6 Å². The molecule has 0 unspecified atom stereocenters. The molecule has 133 valence electrons. The predicted molar refractivity (Wildman–Crippen MR) is 91.4 cm³/mol. The van der Waals surface area contributed by atoms with E-state index in [2.05, 4.69) is 11.1 Å². The molecular formula is C19H18IrNO4-. The fourth-order valence-electron chi connectivity index (χ4n) is 2.19. The molecular weight excluding hydrogens is 498 g/mol. The van der Waals surface area contributed by atoms with Gasteiger partial charge in [0.25, 0.3) is 0 Å². The van der Waals surface area contributed by atoms with Gasteiger partial charge in [0, 0.05) is 40.5 Å². The number of aromatic nitrogens is 1. The van der Waals surface area contributed by atoms with E-state index >= 15 is 0 Å². The third kappa shape index (κ3) is 4.65. The fourth-order valence-corrected chi connectivity index (χ4v) is 2.19. The Morgan fingerprint density at radius 2 is 1.44 bits per heavy atom. The Morgan fingerprint density at radius 3 is 2.08 bits per heavy atom. The standard InChI is InChI=1S/C17H10NO2.2CH4O.Ir/c1-2-9-15-14(8-1)19-16-10-5-6-12(17(16)20-15)13-7-3-4-11-18-13;2*1-2;/h1-5,7-11H;2*2H,1H3;/q-1;;;. The number of benzene rings is 2. The summed E-state index contributed by atoms with van der Waals surface area (Å²) in [6.07, 6.45) is 1.75. The predicted octanol–water partition coefficient (Wildman–Crippen LogP) is 3.66. The normalized spacial score (nSPS) is 9.92. The molecule has 3 aromatic rings. The first-order valence-electron chi connectivity index (χ1n) is 7.22. The van der Waals surface area contributed by atoms with Crippen LogP contribution in [0.4, 0.5) is 0 Å². The largest absolute Gasteiger partial charge is 0.494 e. The van der Waals surface area contributed by atoms with E-state index in [0.717, 1.165) is 31.2 Å². The van der Waals surface area contributed by atoms with Gasteiger partial charge in [-0.05, 0) is 23.9 Å². The Kier molecular flexibility index (Phi) is 8.81. The van der Waals surface area contributed by atoms with Crippen molar-refractivity contribution in [3.8, 4) is 34.3 Å². The molecule has 1 aliphatic heterocycles. The second-order valence-corrected chi connectivity index (χ2v) is 4.41. The van der Waals surface area contributed by atoms with Crippen molar-refractivity contribution < 1.29 is 39.8 Å². The molecule has 0 saturated heterocycles. The van der Waals surface area contributed by atoms with Gasteiger partial charge in [-0.2, -0.15) is 0 Å². The summed E-state index contributed by atoms with van der Waals surface area (Å²) in [6, 6.07) is 20.2. The number of nitrogens with zero attached hydrogens (tertiary/aromatic N) is 1. The number of aliphatic hydroxyl groups is 2. The van der Waals surface area contributed by atoms with Gasteiger partial charge in [-0.3, -0.25) is 0 Å². The van der Waals surface area contributed by atoms with Crippen LogP contribution < -0.4 is 9.47 Å². The third-order valence-electron chi connectivity index (χ3n) is 3.12. The first-order chi connectivity index (χ1) is 11.9. The molecule has 0 atom stereocenters. The molecule has 25 heavy (non-hydrogen) atoms. The summed E-state index contributed by atoms with van der Waals surface area (Å²) in [5.41, 5.74) is 1.62. The number of ether oxygens (including phenoxy) is 2. The van der Waals surface area contributed by atoms with Crippen LogP contribution in [0.3, 0.4) is 0 Å². The Morgan fingerprint density at radius 1 is 0.800 bits per heavy atom. The van der Waals surface area contributed by atoms with Gasteiger partial charge in [0.05, 0.1) is 11.5 Å². The molecule has 0 bridgehead atoms. The zero-order valence-electron chi connectivity index (χ0n) is 13.8. The second kappa shape index (κ2) is 10.6. The summed E-state index contributed by atoms with van der Waals surface area (Å²) < 4.78 is 11.8. The van der Waals surface area contributed by atoms with E-state index < -0.39 is 0 Å². The number of rotatable bonds is 1. The van der Waals surface area contributed by atoms with E-state index in [1.165, 1.54) is 0 Å². The summed E-state index contributed by atoms with van der Waals surface area (Å²) in [5, 5.41) is 14.0. The number of aliphatic hydroxyl groups excluding tert-OH is 2. The second-order valence-electron chi connectivity index (χ2n) is 4.41. The third-order valence-corrected chi connectivity index (χ3v) is 3.12. The van der Waals surface area contributed by atoms with E-state index in [1.54, 1.807) is 6.20 Å². The van der Waals surface area contributed by atoms with Crippen LogP contribution in [0.1, 0.15) is 0 Å². The Labute approximate surface area is 160 Å². The summed E-state index contributed by atoms with van der Waals surface area (Å²) >= 11 is 0. The van der Waals surface area contributed by atoms with E-state index in [-0.39, 0.29) is 20.1 Å².